The van der Waals surface area contributed by atoms with Crippen molar-refractivity contribution >= 4 is 33.5 Å². The molecular formula is C12H14BrNOS. The molecule has 1 aromatic carbocycles. The van der Waals surface area contributed by atoms with Crippen LogP contribution in [0.1, 0.15) is 23.2 Å². The van der Waals surface area contributed by atoms with Crippen LogP contribution in [0, 0.1) is 0 Å². The quantitative estimate of drug-likeness (QED) is 0.847. The van der Waals surface area contributed by atoms with Gasteiger partial charge >= 0.3 is 0 Å². The number of nitrogens with one attached hydrogen (secondary N) is 1. The predicted octanol–water partition coefficient (Wildman–Crippen LogP) is 3.11. The minimum absolute atomic E-state index is 0.131. The molecule has 16 heavy (non-hydrogen) atoms. The van der Waals surface area contributed by atoms with Crippen molar-refractivity contribution in [3.8, 4) is 0 Å². The number of Topliss-reactive ketones (excluding diaryl/α,β-unsaturated/α-hetero) is 1. The van der Waals surface area contributed by atoms with Crippen molar-refractivity contribution in [3.63, 3.8) is 0 Å². The van der Waals surface area contributed by atoms with Crippen molar-refractivity contribution in [3.05, 3.63) is 28.2 Å². The average molecular weight is 300 g/mol. The van der Waals surface area contributed by atoms with Crippen LogP contribution >= 0.6 is 27.7 Å². The molecule has 1 aliphatic carbocycles. The van der Waals surface area contributed by atoms with Crippen LogP contribution in [0.2, 0.25) is 0 Å². The van der Waals surface area contributed by atoms with E-state index in [1.807, 2.05) is 30.0 Å². The lowest BCUT2D eigenvalue weighted by Crippen LogP contribution is -2.18. The zero-order chi connectivity index (χ0) is 11.5. The lowest BCUT2D eigenvalue weighted by Gasteiger charge is -2.06. The van der Waals surface area contributed by atoms with Crippen molar-refractivity contribution < 1.29 is 4.79 Å². The van der Waals surface area contributed by atoms with Gasteiger partial charge in [0, 0.05) is 20.2 Å². The monoisotopic (exact) mass is 299 g/mol. The molecule has 86 valence electrons. The fourth-order valence-corrected chi connectivity index (χ4v) is 3.11. The first-order valence-electron chi connectivity index (χ1n) is 5.34. The van der Waals surface area contributed by atoms with Gasteiger partial charge in [-0.1, -0.05) is 6.07 Å². The summed E-state index contributed by atoms with van der Waals surface area (Å²) < 4.78 is 1.03. The number of benzene rings is 1. The summed E-state index contributed by atoms with van der Waals surface area (Å²) in [6, 6.07) is 5.87. The summed E-state index contributed by atoms with van der Waals surface area (Å²) in [6.07, 6.45) is 2.63. The normalized spacial score (nSPS) is 15.1. The van der Waals surface area contributed by atoms with Gasteiger partial charge in [0.2, 0.25) is 0 Å². The van der Waals surface area contributed by atoms with E-state index < -0.39 is 0 Å². The Morgan fingerprint density at radius 2 is 2.31 bits per heavy atom. The molecule has 0 radical (unpaired) electrons. The van der Waals surface area contributed by atoms with Crippen molar-refractivity contribution in [2.45, 2.75) is 23.0 Å². The molecule has 1 aromatic rings. The summed E-state index contributed by atoms with van der Waals surface area (Å²) in [5, 5.41) is 3.66. The first kappa shape index (κ1) is 12.1. The number of thioether (sulfide) groups is 1. The Bertz CT molecular complexity index is 404. The zero-order valence-corrected chi connectivity index (χ0v) is 11.5. The fraction of sp³-hybridized carbons (Fsp3) is 0.417. The molecule has 1 fully saturated rings. The molecule has 2 nitrogen and oxygen atoms in total. The number of rotatable bonds is 5. The van der Waals surface area contributed by atoms with Crippen molar-refractivity contribution in [2.24, 2.45) is 0 Å². The molecule has 1 N–H and O–H groups in total. The third kappa shape index (κ3) is 3.09. The SMILES string of the molecule is CNCC(=O)c1ccc(SC2CC2)c(Br)c1. The molecule has 0 unspecified atom stereocenters. The summed E-state index contributed by atoms with van der Waals surface area (Å²) in [4.78, 5) is 12.9. The first-order chi connectivity index (χ1) is 7.70. The molecule has 0 saturated heterocycles. The van der Waals surface area contributed by atoms with Crippen LogP contribution < -0.4 is 5.32 Å². The molecule has 0 spiro atoms. The summed E-state index contributed by atoms with van der Waals surface area (Å²) in [7, 11) is 1.78. The van der Waals surface area contributed by atoms with Crippen LogP contribution in [0.15, 0.2) is 27.6 Å². The smallest absolute Gasteiger partial charge is 0.176 e. The van der Waals surface area contributed by atoms with Crippen LogP contribution in [0.4, 0.5) is 0 Å². The van der Waals surface area contributed by atoms with Gasteiger partial charge in [-0.25, -0.2) is 0 Å². The Labute approximate surface area is 108 Å². The third-order valence-electron chi connectivity index (χ3n) is 2.41. The van der Waals surface area contributed by atoms with Gasteiger partial charge in [-0.15, -0.1) is 11.8 Å². The number of hydrogen-bond donors (Lipinski definition) is 1. The maximum absolute atomic E-state index is 11.7. The maximum atomic E-state index is 11.7. The number of carbonyl (C=O) groups is 1. The summed E-state index contributed by atoms with van der Waals surface area (Å²) in [5.74, 6) is 0.131. The molecule has 0 heterocycles. The van der Waals surface area contributed by atoms with E-state index in [4.69, 9.17) is 0 Å². The van der Waals surface area contributed by atoms with Gasteiger partial charge in [-0.2, -0.15) is 0 Å². The Morgan fingerprint density at radius 3 is 2.88 bits per heavy atom. The van der Waals surface area contributed by atoms with E-state index in [0.29, 0.717) is 6.54 Å². The zero-order valence-electron chi connectivity index (χ0n) is 9.13. The second-order valence-electron chi connectivity index (χ2n) is 3.92. The lowest BCUT2D eigenvalue weighted by atomic mass is 10.1. The number of halogens is 1. The lowest BCUT2D eigenvalue weighted by molar-refractivity contribution is 0.0993. The Kier molecular flexibility index (Phi) is 4.05. The standard InChI is InChI=1S/C12H14BrNOS/c1-14-7-11(15)8-2-5-12(10(13)6-8)16-9-3-4-9/h2,5-6,9,14H,3-4,7H2,1H3. The van der Waals surface area contributed by atoms with E-state index >= 15 is 0 Å². The van der Waals surface area contributed by atoms with Gasteiger partial charge in [-0.3, -0.25) is 4.79 Å². The van der Waals surface area contributed by atoms with E-state index in [2.05, 4.69) is 21.2 Å². The maximum Gasteiger partial charge on any atom is 0.176 e. The first-order valence-corrected chi connectivity index (χ1v) is 7.02. The molecule has 1 aliphatic rings. The Hall–Kier alpha value is -0.320. The van der Waals surface area contributed by atoms with Crippen LogP contribution in [0.5, 0.6) is 0 Å². The van der Waals surface area contributed by atoms with Gasteiger partial charge in [-0.05, 0) is 48.0 Å². The number of likely N-dealkylation sites (N-methyl/N-ethyl adjacent to an activating group) is 1. The van der Waals surface area contributed by atoms with Gasteiger partial charge in [0.25, 0.3) is 0 Å². The number of ketones is 1. The number of hydrogen-bond acceptors (Lipinski definition) is 3. The highest BCUT2D eigenvalue weighted by Crippen LogP contribution is 2.41. The largest absolute Gasteiger partial charge is 0.313 e. The van der Waals surface area contributed by atoms with E-state index in [0.717, 1.165) is 15.3 Å². The highest BCUT2D eigenvalue weighted by atomic mass is 79.9. The molecule has 0 bridgehead atoms. The van der Waals surface area contributed by atoms with Crippen LogP contribution in [-0.4, -0.2) is 24.6 Å². The van der Waals surface area contributed by atoms with Crippen LogP contribution in [-0.2, 0) is 0 Å². The van der Waals surface area contributed by atoms with E-state index in [1.54, 1.807) is 7.05 Å². The van der Waals surface area contributed by atoms with Crippen molar-refractivity contribution in [2.75, 3.05) is 13.6 Å². The van der Waals surface area contributed by atoms with Gasteiger partial charge in [0.15, 0.2) is 5.78 Å². The van der Waals surface area contributed by atoms with Crippen LogP contribution in [0.25, 0.3) is 0 Å². The van der Waals surface area contributed by atoms with Gasteiger partial charge in [0.05, 0.1) is 6.54 Å². The summed E-state index contributed by atoms with van der Waals surface area (Å²) in [5.41, 5.74) is 0.765. The van der Waals surface area contributed by atoms with Gasteiger partial charge < -0.3 is 5.32 Å². The van der Waals surface area contributed by atoms with Gasteiger partial charge in [0.1, 0.15) is 0 Å². The topological polar surface area (TPSA) is 29.1 Å². The van der Waals surface area contributed by atoms with E-state index in [1.165, 1.54) is 17.7 Å². The van der Waals surface area contributed by atoms with Crippen LogP contribution in [0.3, 0.4) is 0 Å². The second-order valence-corrected chi connectivity index (χ2v) is 6.11. The molecule has 0 amide bonds. The Balaban J connectivity index is 2.11. The summed E-state index contributed by atoms with van der Waals surface area (Å²) in [6.45, 7) is 0.390. The van der Waals surface area contributed by atoms with Crippen molar-refractivity contribution in [1.29, 1.82) is 0 Å². The molecule has 4 heteroatoms. The third-order valence-corrected chi connectivity index (χ3v) is 4.74. The van der Waals surface area contributed by atoms with E-state index in [9.17, 15) is 4.79 Å². The molecule has 2 rings (SSSR count). The fourth-order valence-electron chi connectivity index (χ4n) is 1.40. The average Bonchev–Trinajstić information content (AvgIpc) is 3.05. The molecule has 0 aromatic heterocycles. The molecule has 0 atom stereocenters. The highest BCUT2D eigenvalue weighted by Gasteiger charge is 2.23. The molecule has 1 saturated carbocycles. The Morgan fingerprint density at radius 1 is 1.56 bits per heavy atom. The minimum Gasteiger partial charge on any atom is -0.313 e. The van der Waals surface area contributed by atoms with E-state index in [-0.39, 0.29) is 5.78 Å². The van der Waals surface area contributed by atoms with Crippen molar-refractivity contribution in [1.82, 2.24) is 5.32 Å². The predicted molar refractivity (Wildman–Crippen MR) is 71.3 cm³/mol. The number of carbonyl (C=O) groups excluding carboxylic acids is 1. The summed E-state index contributed by atoms with van der Waals surface area (Å²) >= 11 is 5.43. The molecular weight excluding hydrogens is 286 g/mol. The second kappa shape index (κ2) is 5.34. The highest BCUT2D eigenvalue weighted by molar-refractivity contribution is 9.10. The molecule has 0 aliphatic heterocycles. The minimum atomic E-state index is 0.131.